The van der Waals surface area contributed by atoms with Crippen molar-refractivity contribution >= 4 is 0 Å². The average Bonchev–Trinajstić information content (AvgIpc) is 2.86. The molecule has 1 heterocycles. The first kappa shape index (κ1) is 23.0. The molecule has 0 aromatic heterocycles. The van der Waals surface area contributed by atoms with Crippen LogP contribution in [0.15, 0.2) is 66.7 Å². The predicted octanol–water partition coefficient (Wildman–Crippen LogP) is 6.32. The van der Waals surface area contributed by atoms with Gasteiger partial charge in [-0.15, -0.1) is 0 Å². The molecule has 5 heteroatoms. The largest absolute Gasteiger partial charge is 0.493 e. The Balaban J connectivity index is 1.49. The van der Waals surface area contributed by atoms with Gasteiger partial charge in [0, 0.05) is 12.0 Å². The molecule has 0 fully saturated rings. The third-order valence-electron chi connectivity index (χ3n) is 6.18. The molecule has 0 N–H and O–H groups in total. The fourth-order valence-corrected chi connectivity index (χ4v) is 4.44. The molecule has 0 saturated carbocycles. The Hall–Kier alpha value is -3.18. The van der Waals surface area contributed by atoms with Crippen LogP contribution in [0.5, 0.6) is 23.0 Å². The Bertz CT molecular complexity index is 1050. The van der Waals surface area contributed by atoms with E-state index in [2.05, 4.69) is 19.9 Å². The summed E-state index contributed by atoms with van der Waals surface area (Å²) in [4.78, 5) is 0. The maximum Gasteiger partial charge on any atom is 0.161 e. The van der Waals surface area contributed by atoms with Gasteiger partial charge in [-0.25, -0.2) is 0 Å². The Morgan fingerprint density at radius 1 is 0.788 bits per heavy atom. The Morgan fingerprint density at radius 2 is 1.45 bits per heavy atom. The molecule has 174 valence electrons. The highest BCUT2D eigenvalue weighted by atomic mass is 16.5. The van der Waals surface area contributed by atoms with Gasteiger partial charge < -0.3 is 23.7 Å². The maximum atomic E-state index is 6.39. The first-order chi connectivity index (χ1) is 16.1. The molecular formula is C28H32O5. The molecule has 0 saturated heterocycles. The molecule has 5 nitrogen and oxygen atoms in total. The van der Waals surface area contributed by atoms with Crippen LogP contribution in [0.4, 0.5) is 0 Å². The van der Waals surface area contributed by atoms with Gasteiger partial charge in [-0.3, -0.25) is 0 Å². The lowest BCUT2D eigenvalue weighted by atomic mass is 9.83. The van der Waals surface area contributed by atoms with Crippen molar-refractivity contribution in [1.82, 2.24) is 0 Å². The normalized spacial score (nSPS) is 19.5. The summed E-state index contributed by atoms with van der Waals surface area (Å²) in [6.45, 7) is 5.22. The topological polar surface area (TPSA) is 46.2 Å². The molecule has 0 radical (unpaired) electrons. The minimum Gasteiger partial charge on any atom is -0.493 e. The van der Waals surface area contributed by atoms with Crippen LogP contribution < -0.4 is 18.9 Å². The molecule has 33 heavy (non-hydrogen) atoms. The SMILES string of the molecule is CCC1c2cc(OC)c(OC)cc2C(COc2cccc(OCc3ccccc3)c2)OC1C. The predicted molar refractivity (Wildman–Crippen MR) is 129 cm³/mol. The fraction of sp³-hybridized carbons (Fsp3) is 0.357. The molecule has 0 amide bonds. The Morgan fingerprint density at radius 3 is 2.12 bits per heavy atom. The van der Waals surface area contributed by atoms with E-state index >= 15 is 0 Å². The molecule has 4 rings (SSSR count). The van der Waals surface area contributed by atoms with Crippen molar-refractivity contribution in [2.45, 2.75) is 45.0 Å². The average molecular weight is 449 g/mol. The molecule has 1 aliphatic rings. The van der Waals surface area contributed by atoms with Crippen LogP contribution in [0, 0.1) is 0 Å². The lowest BCUT2D eigenvalue weighted by Crippen LogP contribution is -2.31. The summed E-state index contributed by atoms with van der Waals surface area (Å²) in [6.07, 6.45) is 0.860. The molecule has 3 atom stereocenters. The van der Waals surface area contributed by atoms with Crippen LogP contribution in [-0.2, 0) is 11.3 Å². The van der Waals surface area contributed by atoms with Crippen LogP contribution in [0.1, 0.15) is 49.0 Å². The van der Waals surface area contributed by atoms with Crippen LogP contribution in [-0.4, -0.2) is 26.9 Å². The van der Waals surface area contributed by atoms with Gasteiger partial charge in [0.1, 0.15) is 30.8 Å². The van der Waals surface area contributed by atoms with Crippen molar-refractivity contribution in [3.8, 4) is 23.0 Å². The van der Waals surface area contributed by atoms with E-state index in [0.29, 0.717) is 24.9 Å². The van der Waals surface area contributed by atoms with Gasteiger partial charge in [0.2, 0.25) is 0 Å². The third kappa shape index (κ3) is 5.25. The van der Waals surface area contributed by atoms with Crippen molar-refractivity contribution in [3.05, 3.63) is 83.4 Å². The summed E-state index contributed by atoms with van der Waals surface area (Å²) >= 11 is 0. The number of benzene rings is 3. The van der Waals surface area contributed by atoms with Gasteiger partial charge in [0.25, 0.3) is 0 Å². The van der Waals surface area contributed by atoms with Gasteiger partial charge in [-0.2, -0.15) is 0 Å². The van der Waals surface area contributed by atoms with E-state index in [1.807, 2.05) is 60.7 Å². The lowest BCUT2D eigenvalue weighted by molar-refractivity contribution is -0.0528. The van der Waals surface area contributed by atoms with Crippen molar-refractivity contribution in [2.24, 2.45) is 0 Å². The van der Waals surface area contributed by atoms with Crippen LogP contribution in [0.3, 0.4) is 0 Å². The summed E-state index contributed by atoms with van der Waals surface area (Å²) in [5.74, 6) is 3.26. The van der Waals surface area contributed by atoms with Crippen LogP contribution in [0.2, 0.25) is 0 Å². The van der Waals surface area contributed by atoms with Gasteiger partial charge in [0.15, 0.2) is 11.5 Å². The van der Waals surface area contributed by atoms with E-state index in [1.54, 1.807) is 14.2 Å². The van der Waals surface area contributed by atoms with Crippen LogP contribution in [0.25, 0.3) is 0 Å². The molecule has 1 aliphatic heterocycles. The molecule has 0 spiro atoms. The summed E-state index contributed by atoms with van der Waals surface area (Å²) in [5, 5.41) is 0. The Kier molecular flexibility index (Phi) is 7.40. The second-order valence-electron chi connectivity index (χ2n) is 8.24. The quantitative estimate of drug-likeness (QED) is 0.384. The number of rotatable bonds is 9. The van der Waals surface area contributed by atoms with E-state index in [1.165, 1.54) is 5.56 Å². The summed E-state index contributed by atoms with van der Waals surface area (Å²) in [5.41, 5.74) is 3.46. The monoisotopic (exact) mass is 448 g/mol. The fourth-order valence-electron chi connectivity index (χ4n) is 4.44. The number of ether oxygens (including phenoxy) is 5. The van der Waals surface area contributed by atoms with Gasteiger partial charge in [-0.1, -0.05) is 43.3 Å². The Labute approximate surface area is 196 Å². The smallest absolute Gasteiger partial charge is 0.161 e. The summed E-state index contributed by atoms with van der Waals surface area (Å²) in [7, 11) is 3.32. The standard InChI is InChI=1S/C28H32O5/c1-5-23-19(2)33-28(25-16-27(30-4)26(29-3)15-24(23)25)18-32-22-13-9-12-21(14-22)31-17-20-10-7-6-8-11-20/h6-16,19,23,28H,5,17-18H2,1-4H3. The first-order valence-electron chi connectivity index (χ1n) is 11.4. The minimum absolute atomic E-state index is 0.0785. The van der Waals surface area contributed by atoms with E-state index in [9.17, 15) is 0 Å². The zero-order chi connectivity index (χ0) is 23.2. The second kappa shape index (κ2) is 10.6. The first-order valence-corrected chi connectivity index (χ1v) is 11.4. The number of methoxy groups -OCH3 is 2. The van der Waals surface area contributed by atoms with E-state index < -0.39 is 0 Å². The summed E-state index contributed by atoms with van der Waals surface area (Å²) < 4.78 is 29.6. The van der Waals surface area contributed by atoms with Gasteiger partial charge in [0.05, 0.1) is 20.3 Å². The molecular weight excluding hydrogens is 416 g/mol. The highest BCUT2D eigenvalue weighted by molar-refractivity contribution is 5.50. The number of hydrogen-bond acceptors (Lipinski definition) is 5. The number of fused-ring (bicyclic) bond motifs is 1. The highest BCUT2D eigenvalue weighted by Gasteiger charge is 2.34. The minimum atomic E-state index is -0.202. The van der Waals surface area contributed by atoms with Gasteiger partial charge in [-0.05, 0) is 54.3 Å². The van der Waals surface area contributed by atoms with E-state index in [4.69, 9.17) is 23.7 Å². The zero-order valence-corrected chi connectivity index (χ0v) is 19.7. The third-order valence-corrected chi connectivity index (χ3v) is 6.18. The zero-order valence-electron chi connectivity index (χ0n) is 19.7. The van der Waals surface area contributed by atoms with Crippen molar-refractivity contribution < 1.29 is 23.7 Å². The van der Waals surface area contributed by atoms with Crippen molar-refractivity contribution in [3.63, 3.8) is 0 Å². The molecule has 0 aliphatic carbocycles. The van der Waals surface area contributed by atoms with Crippen molar-refractivity contribution in [2.75, 3.05) is 20.8 Å². The van der Waals surface area contributed by atoms with Crippen molar-refractivity contribution in [1.29, 1.82) is 0 Å². The second-order valence-corrected chi connectivity index (χ2v) is 8.24. The van der Waals surface area contributed by atoms with Gasteiger partial charge >= 0.3 is 0 Å². The molecule has 3 aromatic carbocycles. The summed E-state index contributed by atoms with van der Waals surface area (Å²) in [6, 6.07) is 22.0. The highest BCUT2D eigenvalue weighted by Crippen LogP contribution is 2.44. The molecule has 0 bridgehead atoms. The molecule has 3 aromatic rings. The lowest BCUT2D eigenvalue weighted by Gasteiger charge is -2.37. The van der Waals surface area contributed by atoms with Crippen LogP contribution >= 0.6 is 0 Å². The van der Waals surface area contributed by atoms with E-state index in [-0.39, 0.29) is 12.2 Å². The molecule has 3 unspecified atom stereocenters. The number of hydrogen-bond donors (Lipinski definition) is 0. The van der Waals surface area contributed by atoms with E-state index in [0.717, 1.165) is 34.8 Å². The maximum absolute atomic E-state index is 6.39.